The van der Waals surface area contributed by atoms with Crippen molar-refractivity contribution in [3.8, 4) is 0 Å². The van der Waals surface area contributed by atoms with Gasteiger partial charge < -0.3 is 20.1 Å². The molecule has 0 aromatic carbocycles. The smallest absolute Gasteiger partial charge is 0.315 e. The lowest BCUT2D eigenvalue weighted by molar-refractivity contribution is -0.246. The number of halogens is 1. The van der Waals surface area contributed by atoms with Gasteiger partial charge in [-0.3, -0.25) is 9.59 Å². The van der Waals surface area contributed by atoms with Crippen molar-refractivity contribution in [1.82, 2.24) is 0 Å². The van der Waals surface area contributed by atoms with E-state index in [0.29, 0.717) is 32.1 Å². The molecule has 13 atom stereocenters. The van der Waals surface area contributed by atoms with Crippen LogP contribution in [0.25, 0.3) is 0 Å². The summed E-state index contributed by atoms with van der Waals surface area (Å²) >= 11 is 7.09. The van der Waals surface area contributed by atoms with Gasteiger partial charge in [-0.2, -0.15) is 0 Å². The van der Waals surface area contributed by atoms with Crippen molar-refractivity contribution in [2.75, 3.05) is 0 Å². The van der Waals surface area contributed by atoms with Crippen molar-refractivity contribution in [2.45, 2.75) is 101 Å². The monoisotopic (exact) mass is 506 g/mol. The van der Waals surface area contributed by atoms with Crippen molar-refractivity contribution in [1.29, 1.82) is 0 Å². The van der Waals surface area contributed by atoms with E-state index in [1.807, 2.05) is 6.92 Å². The summed E-state index contributed by atoms with van der Waals surface area (Å²) in [7, 11) is 0. The van der Waals surface area contributed by atoms with Gasteiger partial charge in [0.15, 0.2) is 5.78 Å². The zero-order valence-electron chi connectivity index (χ0n) is 21.2. The Morgan fingerprint density at radius 1 is 1.03 bits per heavy atom. The van der Waals surface area contributed by atoms with E-state index in [0.717, 1.165) is 12.8 Å². The molecule has 2 bridgehead atoms. The number of hydrogen-bond donors (Lipinski definition) is 3. The molecule has 7 heteroatoms. The number of aliphatic hydroxyl groups excluding tert-OH is 2. The van der Waals surface area contributed by atoms with Crippen LogP contribution < -0.4 is 0 Å². The molecule has 7 aliphatic rings. The van der Waals surface area contributed by atoms with E-state index >= 15 is 0 Å². The number of ether oxygens (including phenoxy) is 1. The Kier molecular flexibility index (Phi) is 4.96. The molecule has 35 heavy (non-hydrogen) atoms. The third-order valence-electron chi connectivity index (χ3n) is 12.4. The Hall–Kier alpha value is -0.950. The normalized spacial score (nSPS) is 61.1. The molecule has 0 aromatic rings. The van der Waals surface area contributed by atoms with E-state index in [-0.39, 0.29) is 46.8 Å². The van der Waals surface area contributed by atoms with Crippen LogP contribution in [0.15, 0.2) is 12.2 Å². The third-order valence-corrected chi connectivity index (χ3v) is 13.2. The standard InChI is InChI=1S/C28H39ClO6/c1-24-9-7-16-14(10-21(32)28(29)8-5-6-20(31)27(16,28)4)17(24)11-18(30)22(24)15-12-25(2)23(33)35-19(15)13-26(25,3)34/h5-6,14-19,21-22,30,32,34H,7-13H2,1-4H3/t14-,15-,16+,17+,18-,19-,21-,22+,24+,25+,26+,27+,28+/m1/s1. The van der Waals surface area contributed by atoms with Crippen molar-refractivity contribution >= 4 is 23.4 Å². The molecule has 4 saturated carbocycles. The summed E-state index contributed by atoms with van der Waals surface area (Å²) in [6, 6.07) is 0. The summed E-state index contributed by atoms with van der Waals surface area (Å²) in [6.07, 6.45) is 5.95. The SMILES string of the molecule is C[C@]12CC[C@H]3[C@@H](C[C@@H](O)[C@@]4(Cl)CC=CC(=O)[C@]34C)[C@@H]1C[C@@H](O)[C@@H]2[C@@H]1C[C@@]2(C)C(=O)O[C@@H]1C[C@]2(C)O. The van der Waals surface area contributed by atoms with Gasteiger partial charge in [-0.1, -0.05) is 19.9 Å². The maximum Gasteiger partial charge on any atom is 0.315 e. The van der Waals surface area contributed by atoms with E-state index in [1.165, 1.54) is 0 Å². The fraction of sp³-hybridized carbons (Fsp3) is 0.857. The quantitative estimate of drug-likeness (QED) is 0.372. The van der Waals surface area contributed by atoms with Crippen LogP contribution in [0.4, 0.5) is 0 Å². The van der Waals surface area contributed by atoms with E-state index in [2.05, 4.69) is 6.92 Å². The first-order chi connectivity index (χ1) is 16.2. The van der Waals surface area contributed by atoms with E-state index in [9.17, 15) is 24.9 Å². The maximum absolute atomic E-state index is 13.3. The molecule has 6 fully saturated rings. The van der Waals surface area contributed by atoms with E-state index in [1.54, 1.807) is 26.0 Å². The molecule has 0 spiro atoms. The summed E-state index contributed by atoms with van der Waals surface area (Å²) in [6.45, 7) is 7.75. The Morgan fingerprint density at radius 2 is 1.74 bits per heavy atom. The maximum atomic E-state index is 13.3. The molecule has 194 valence electrons. The molecule has 2 saturated heterocycles. The van der Waals surface area contributed by atoms with Gasteiger partial charge in [0.05, 0.1) is 33.5 Å². The van der Waals surface area contributed by atoms with Crippen molar-refractivity contribution < 1.29 is 29.6 Å². The second-order valence-corrected chi connectivity index (χ2v) is 14.3. The van der Waals surface area contributed by atoms with Gasteiger partial charge in [-0.25, -0.2) is 0 Å². The molecule has 6 nitrogen and oxygen atoms in total. The molecular weight excluding hydrogens is 468 g/mol. The van der Waals surface area contributed by atoms with Gasteiger partial charge in [-0.05, 0) is 87.5 Å². The average Bonchev–Trinajstić information content (AvgIpc) is 3.03. The topological polar surface area (TPSA) is 104 Å². The second kappa shape index (κ2) is 7.12. The lowest BCUT2D eigenvalue weighted by Gasteiger charge is -2.63. The molecule has 7 rings (SSSR count). The van der Waals surface area contributed by atoms with E-state index < -0.39 is 39.6 Å². The Labute approximate surface area is 212 Å². The largest absolute Gasteiger partial charge is 0.461 e. The third kappa shape index (κ3) is 2.73. The highest BCUT2D eigenvalue weighted by atomic mass is 35.5. The molecule has 2 heterocycles. The first-order valence-corrected chi connectivity index (χ1v) is 13.8. The predicted molar refractivity (Wildman–Crippen MR) is 129 cm³/mol. The number of allylic oxidation sites excluding steroid dienone is 2. The molecule has 0 aromatic heterocycles. The van der Waals surface area contributed by atoms with Gasteiger partial charge in [0, 0.05) is 12.3 Å². The van der Waals surface area contributed by atoms with Crippen LogP contribution >= 0.6 is 11.6 Å². The minimum absolute atomic E-state index is 0.0119. The first-order valence-electron chi connectivity index (χ1n) is 13.4. The van der Waals surface area contributed by atoms with Crippen LogP contribution in [0.5, 0.6) is 0 Å². The van der Waals surface area contributed by atoms with Crippen LogP contribution in [0.2, 0.25) is 0 Å². The number of aliphatic hydroxyl groups is 3. The zero-order chi connectivity index (χ0) is 25.3. The summed E-state index contributed by atoms with van der Waals surface area (Å²) in [4.78, 5) is 25.1. The van der Waals surface area contributed by atoms with Crippen molar-refractivity contribution in [3.63, 3.8) is 0 Å². The van der Waals surface area contributed by atoms with Crippen LogP contribution in [0.1, 0.15) is 72.6 Å². The van der Waals surface area contributed by atoms with Gasteiger partial charge in [0.2, 0.25) is 0 Å². The van der Waals surface area contributed by atoms with Gasteiger partial charge >= 0.3 is 5.97 Å². The molecule has 5 aliphatic carbocycles. The lowest BCUT2D eigenvalue weighted by Crippen LogP contribution is -2.68. The summed E-state index contributed by atoms with van der Waals surface area (Å²) in [5.74, 6) is -0.0958. The van der Waals surface area contributed by atoms with Gasteiger partial charge in [0.25, 0.3) is 0 Å². The summed E-state index contributed by atoms with van der Waals surface area (Å²) < 4.78 is 5.84. The molecule has 0 unspecified atom stereocenters. The highest BCUT2D eigenvalue weighted by Gasteiger charge is 2.72. The van der Waals surface area contributed by atoms with Gasteiger partial charge in [-0.15, -0.1) is 11.6 Å². The van der Waals surface area contributed by atoms with E-state index in [4.69, 9.17) is 16.3 Å². The van der Waals surface area contributed by atoms with Crippen molar-refractivity contribution in [2.24, 2.45) is 45.8 Å². The van der Waals surface area contributed by atoms with Crippen molar-refractivity contribution in [3.05, 3.63) is 12.2 Å². The Bertz CT molecular complexity index is 1010. The minimum atomic E-state index is -1.12. The number of ketones is 1. The number of rotatable bonds is 1. The number of carbonyl (C=O) groups excluding carboxylic acids is 2. The molecule has 0 radical (unpaired) electrons. The number of fused-ring (bicyclic) bond motifs is 8. The highest BCUT2D eigenvalue weighted by Crippen LogP contribution is 2.70. The number of alkyl halides is 1. The van der Waals surface area contributed by atoms with Crippen LogP contribution in [-0.4, -0.2) is 55.9 Å². The number of esters is 1. The highest BCUT2D eigenvalue weighted by molar-refractivity contribution is 6.28. The Morgan fingerprint density at radius 3 is 2.43 bits per heavy atom. The fourth-order valence-corrected chi connectivity index (χ4v) is 10.6. The predicted octanol–water partition coefficient (Wildman–Crippen LogP) is 3.39. The van der Waals surface area contributed by atoms with Gasteiger partial charge in [0.1, 0.15) is 6.10 Å². The molecular formula is C28H39ClO6. The fourth-order valence-electron chi connectivity index (χ4n) is 10.2. The van der Waals surface area contributed by atoms with Crippen LogP contribution in [0.3, 0.4) is 0 Å². The number of carbonyl (C=O) groups is 2. The molecule has 2 aliphatic heterocycles. The lowest BCUT2D eigenvalue weighted by atomic mass is 9.43. The summed E-state index contributed by atoms with van der Waals surface area (Å²) in [5.41, 5.74) is -3.13. The average molecular weight is 507 g/mol. The molecule has 0 amide bonds. The summed E-state index contributed by atoms with van der Waals surface area (Å²) in [5, 5.41) is 33.9. The molecule has 3 N–H and O–H groups in total. The van der Waals surface area contributed by atoms with Crippen LogP contribution in [-0.2, 0) is 14.3 Å². The van der Waals surface area contributed by atoms with Crippen LogP contribution in [0, 0.1) is 45.8 Å². The minimum Gasteiger partial charge on any atom is -0.461 e. The number of hydrogen-bond acceptors (Lipinski definition) is 6. The second-order valence-electron chi connectivity index (χ2n) is 13.7. The zero-order valence-corrected chi connectivity index (χ0v) is 21.9. The first kappa shape index (κ1) is 24.4. The Balaban J connectivity index is 1.35.